The minimum Gasteiger partial charge on any atom is -0.342 e. The van der Waals surface area contributed by atoms with E-state index in [1.807, 2.05) is 0 Å². The maximum absolute atomic E-state index is 12.5. The minimum absolute atomic E-state index is 0.296. The molecule has 2 heterocycles. The second-order valence-corrected chi connectivity index (χ2v) is 6.49. The van der Waals surface area contributed by atoms with Crippen LogP contribution in [0.3, 0.4) is 0 Å². The largest absolute Gasteiger partial charge is 0.342 e. The smallest absolute Gasteiger partial charge is 0.225 e. The molecule has 4 nitrogen and oxygen atoms in total. The highest BCUT2D eigenvalue weighted by molar-refractivity contribution is 5.79. The van der Waals surface area contributed by atoms with Crippen molar-refractivity contribution in [2.45, 2.75) is 39.0 Å². The first-order valence-electron chi connectivity index (χ1n) is 8.38. The molecule has 0 saturated carbocycles. The number of carbonyl (C=O) groups excluding carboxylic acids is 1. The van der Waals surface area contributed by atoms with Crippen LogP contribution in [0.25, 0.3) is 0 Å². The van der Waals surface area contributed by atoms with Gasteiger partial charge >= 0.3 is 0 Å². The van der Waals surface area contributed by atoms with Crippen LogP contribution in [-0.2, 0) is 4.79 Å². The number of piperidine rings is 2. The lowest BCUT2D eigenvalue weighted by Crippen LogP contribution is -2.45. The molecule has 0 atom stereocenters. The second kappa shape index (κ2) is 7.99. The molecule has 0 radical (unpaired) electrons. The number of nitrogens with one attached hydrogen (secondary N) is 1. The Labute approximate surface area is 123 Å². The molecule has 0 aromatic heterocycles. The van der Waals surface area contributed by atoms with E-state index in [9.17, 15) is 4.79 Å². The predicted octanol–water partition coefficient (Wildman–Crippen LogP) is 1.57. The fourth-order valence-electron chi connectivity index (χ4n) is 3.44. The fourth-order valence-corrected chi connectivity index (χ4v) is 3.44. The first kappa shape index (κ1) is 15.8. The Kier molecular flexibility index (Phi) is 6.30. The molecule has 0 aromatic rings. The minimum atomic E-state index is 0.296. The molecule has 0 bridgehead atoms. The number of likely N-dealkylation sites (tertiary alicyclic amines) is 2. The normalized spacial score (nSPS) is 23.2. The SMILES string of the molecule is CCNCCC1CCN(C(=O)C2CCN(C)CC2)CC1. The van der Waals surface area contributed by atoms with Gasteiger partial charge in [0.25, 0.3) is 0 Å². The third-order valence-electron chi connectivity index (χ3n) is 4.97. The van der Waals surface area contributed by atoms with Crippen LogP contribution >= 0.6 is 0 Å². The topological polar surface area (TPSA) is 35.6 Å². The zero-order valence-corrected chi connectivity index (χ0v) is 13.2. The average molecular weight is 281 g/mol. The van der Waals surface area contributed by atoms with Gasteiger partial charge < -0.3 is 15.1 Å². The first-order chi connectivity index (χ1) is 9.70. The van der Waals surface area contributed by atoms with Crippen LogP contribution < -0.4 is 5.32 Å². The molecule has 2 aliphatic rings. The molecule has 2 rings (SSSR count). The Morgan fingerprint density at radius 2 is 1.75 bits per heavy atom. The van der Waals surface area contributed by atoms with Gasteiger partial charge in [-0.05, 0) is 71.2 Å². The van der Waals surface area contributed by atoms with Crippen LogP contribution in [0.15, 0.2) is 0 Å². The molecule has 0 unspecified atom stereocenters. The molecule has 2 fully saturated rings. The third kappa shape index (κ3) is 4.45. The molecule has 0 spiro atoms. The van der Waals surface area contributed by atoms with E-state index in [0.717, 1.165) is 58.0 Å². The third-order valence-corrected chi connectivity index (χ3v) is 4.97. The number of hydrogen-bond acceptors (Lipinski definition) is 3. The maximum atomic E-state index is 12.5. The highest BCUT2D eigenvalue weighted by Gasteiger charge is 2.29. The van der Waals surface area contributed by atoms with Crippen molar-refractivity contribution in [1.82, 2.24) is 15.1 Å². The molecular weight excluding hydrogens is 250 g/mol. The summed E-state index contributed by atoms with van der Waals surface area (Å²) in [6, 6.07) is 0. The molecule has 20 heavy (non-hydrogen) atoms. The molecular formula is C16H31N3O. The Hall–Kier alpha value is -0.610. The van der Waals surface area contributed by atoms with Gasteiger partial charge in [-0.25, -0.2) is 0 Å². The van der Waals surface area contributed by atoms with Gasteiger partial charge in [0.2, 0.25) is 5.91 Å². The average Bonchev–Trinajstić information content (AvgIpc) is 2.48. The van der Waals surface area contributed by atoms with Crippen molar-refractivity contribution >= 4 is 5.91 Å². The Morgan fingerprint density at radius 1 is 1.10 bits per heavy atom. The molecule has 1 amide bonds. The molecule has 1 N–H and O–H groups in total. The van der Waals surface area contributed by atoms with Crippen molar-refractivity contribution in [2.75, 3.05) is 46.3 Å². The fraction of sp³-hybridized carbons (Fsp3) is 0.938. The van der Waals surface area contributed by atoms with Crippen LogP contribution in [0, 0.1) is 11.8 Å². The molecule has 4 heteroatoms. The van der Waals surface area contributed by atoms with Gasteiger partial charge in [0.15, 0.2) is 0 Å². The van der Waals surface area contributed by atoms with Gasteiger partial charge in [-0.15, -0.1) is 0 Å². The number of carbonyl (C=O) groups is 1. The highest BCUT2D eigenvalue weighted by Crippen LogP contribution is 2.24. The molecule has 2 aliphatic heterocycles. The lowest BCUT2D eigenvalue weighted by atomic mass is 9.90. The van der Waals surface area contributed by atoms with Crippen molar-refractivity contribution in [3.63, 3.8) is 0 Å². The predicted molar refractivity (Wildman–Crippen MR) is 82.7 cm³/mol. The summed E-state index contributed by atoms with van der Waals surface area (Å²) in [7, 11) is 2.15. The van der Waals surface area contributed by atoms with Gasteiger partial charge in [0.05, 0.1) is 0 Å². The number of amides is 1. The van der Waals surface area contributed by atoms with Crippen molar-refractivity contribution < 1.29 is 4.79 Å². The summed E-state index contributed by atoms with van der Waals surface area (Å²) in [5.41, 5.74) is 0. The van der Waals surface area contributed by atoms with Crippen LogP contribution in [0.4, 0.5) is 0 Å². The number of nitrogens with zero attached hydrogens (tertiary/aromatic N) is 2. The van der Waals surface area contributed by atoms with Gasteiger partial charge in [-0.2, -0.15) is 0 Å². The van der Waals surface area contributed by atoms with Crippen molar-refractivity contribution in [3.05, 3.63) is 0 Å². The van der Waals surface area contributed by atoms with Crippen LogP contribution in [-0.4, -0.2) is 62.0 Å². The van der Waals surface area contributed by atoms with Gasteiger partial charge in [0, 0.05) is 19.0 Å². The standard InChI is InChI=1S/C16H31N3O/c1-3-17-9-4-14-5-12-19(13-6-14)16(20)15-7-10-18(2)11-8-15/h14-15,17H,3-13H2,1-2H3. The van der Waals surface area contributed by atoms with Crippen LogP contribution in [0.5, 0.6) is 0 Å². The second-order valence-electron chi connectivity index (χ2n) is 6.49. The monoisotopic (exact) mass is 281 g/mol. The zero-order chi connectivity index (χ0) is 14.4. The van der Waals surface area contributed by atoms with Crippen LogP contribution in [0.1, 0.15) is 39.0 Å². The molecule has 0 aliphatic carbocycles. The van der Waals surface area contributed by atoms with E-state index in [1.54, 1.807) is 0 Å². The summed E-state index contributed by atoms with van der Waals surface area (Å²) in [6.45, 7) is 8.48. The number of rotatable bonds is 5. The zero-order valence-electron chi connectivity index (χ0n) is 13.2. The Bertz CT molecular complexity index is 292. The summed E-state index contributed by atoms with van der Waals surface area (Å²) in [6.07, 6.45) is 5.77. The van der Waals surface area contributed by atoms with Crippen molar-refractivity contribution in [1.29, 1.82) is 0 Å². The van der Waals surface area contributed by atoms with Crippen molar-refractivity contribution in [3.8, 4) is 0 Å². The van der Waals surface area contributed by atoms with E-state index in [4.69, 9.17) is 0 Å². The van der Waals surface area contributed by atoms with E-state index in [2.05, 4.69) is 29.1 Å². The summed E-state index contributed by atoms with van der Waals surface area (Å²) in [4.78, 5) is 17.0. The summed E-state index contributed by atoms with van der Waals surface area (Å²) in [5, 5.41) is 3.40. The van der Waals surface area contributed by atoms with E-state index in [0.29, 0.717) is 11.8 Å². The summed E-state index contributed by atoms with van der Waals surface area (Å²) in [5.74, 6) is 1.54. The Morgan fingerprint density at radius 3 is 2.35 bits per heavy atom. The first-order valence-corrected chi connectivity index (χ1v) is 8.38. The lowest BCUT2D eigenvalue weighted by Gasteiger charge is -2.36. The quantitative estimate of drug-likeness (QED) is 0.777. The lowest BCUT2D eigenvalue weighted by molar-refractivity contribution is -0.138. The van der Waals surface area contributed by atoms with E-state index in [-0.39, 0.29) is 0 Å². The highest BCUT2D eigenvalue weighted by atomic mass is 16.2. The van der Waals surface area contributed by atoms with E-state index < -0.39 is 0 Å². The maximum Gasteiger partial charge on any atom is 0.225 e. The molecule has 116 valence electrons. The van der Waals surface area contributed by atoms with Crippen LogP contribution in [0.2, 0.25) is 0 Å². The van der Waals surface area contributed by atoms with Crippen molar-refractivity contribution in [2.24, 2.45) is 11.8 Å². The van der Waals surface area contributed by atoms with E-state index in [1.165, 1.54) is 19.3 Å². The number of hydrogen-bond donors (Lipinski definition) is 1. The van der Waals surface area contributed by atoms with Gasteiger partial charge in [-0.1, -0.05) is 6.92 Å². The van der Waals surface area contributed by atoms with Gasteiger partial charge in [0.1, 0.15) is 0 Å². The van der Waals surface area contributed by atoms with Gasteiger partial charge in [-0.3, -0.25) is 4.79 Å². The molecule has 0 aromatic carbocycles. The summed E-state index contributed by atoms with van der Waals surface area (Å²) < 4.78 is 0. The molecule has 2 saturated heterocycles. The summed E-state index contributed by atoms with van der Waals surface area (Å²) >= 11 is 0. The Balaban J connectivity index is 1.69. The van der Waals surface area contributed by atoms with E-state index >= 15 is 0 Å².